The summed E-state index contributed by atoms with van der Waals surface area (Å²) in [6.07, 6.45) is 2.05. The molecule has 1 N–H and O–H groups in total. The molecule has 0 spiro atoms. The first-order chi connectivity index (χ1) is 11.8. The molecule has 1 aromatic carbocycles. The van der Waals surface area contributed by atoms with Crippen LogP contribution in [-0.4, -0.2) is 27.9 Å². The number of rotatable bonds is 1. The molecule has 4 heterocycles. The van der Waals surface area contributed by atoms with Crippen molar-refractivity contribution < 1.29 is 4.74 Å². The summed E-state index contributed by atoms with van der Waals surface area (Å²) in [6.45, 7) is 5.81. The molecule has 0 bridgehead atoms. The summed E-state index contributed by atoms with van der Waals surface area (Å²) in [7, 11) is 0. The zero-order valence-electron chi connectivity index (χ0n) is 13.8. The molecule has 2 aromatic heterocycles. The van der Waals surface area contributed by atoms with Crippen molar-refractivity contribution in [2.75, 3.05) is 13.2 Å². The normalized spacial score (nSPS) is 16.5. The Labute approximate surface area is 140 Å². The van der Waals surface area contributed by atoms with Crippen LogP contribution >= 0.6 is 0 Å². The van der Waals surface area contributed by atoms with E-state index in [4.69, 9.17) is 14.8 Å². The summed E-state index contributed by atoms with van der Waals surface area (Å²) in [6, 6.07) is 8.52. The molecule has 2 aliphatic heterocycles. The van der Waals surface area contributed by atoms with Gasteiger partial charge in [-0.25, -0.2) is 4.98 Å². The lowest BCUT2D eigenvalue weighted by Crippen LogP contribution is -2.11. The molecule has 0 saturated heterocycles. The molecule has 5 nitrogen and oxygen atoms in total. The number of hydrogen-bond donors (Lipinski definition) is 1. The van der Waals surface area contributed by atoms with Gasteiger partial charge in [-0.05, 0) is 49.7 Å². The van der Waals surface area contributed by atoms with Crippen molar-refractivity contribution in [2.24, 2.45) is 0 Å². The molecule has 0 radical (unpaired) electrons. The lowest BCUT2D eigenvalue weighted by Gasteiger charge is -2.08. The van der Waals surface area contributed by atoms with Crippen molar-refractivity contribution in [3.8, 4) is 17.1 Å². The van der Waals surface area contributed by atoms with Crippen molar-refractivity contribution in [1.82, 2.24) is 20.1 Å². The molecular formula is C19H20N4O. The molecule has 0 amide bonds. The molecule has 2 aliphatic rings. The SMILES string of the molecule is Cc1cc(-c2cc3n(n2)CCCNC3)nc2c3c(ccc12)OCC3. The lowest BCUT2D eigenvalue weighted by atomic mass is 10.0. The highest BCUT2D eigenvalue weighted by atomic mass is 16.5. The topological polar surface area (TPSA) is 52.0 Å². The maximum absolute atomic E-state index is 5.70. The van der Waals surface area contributed by atoms with Gasteiger partial charge in [0.05, 0.1) is 23.5 Å². The van der Waals surface area contributed by atoms with Gasteiger partial charge in [-0.2, -0.15) is 5.10 Å². The smallest absolute Gasteiger partial charge is 0.124 e. The van der Waals surface area contributed by atoms with Gasteiger partial charge < -0.3 is 10.1 Å². The molecule has 3 aromatic rings. The number of benzene rings is 1. The molecule has 0 unspecified atom stereocenters. The molecule has 122 valence electrons. The highest BCUT2D eigenvalue weighted by Crippen LogP contribution is 2.34. The van der Waals surface area contributed by atoms with Gasteiger partial charge in [-0.3, -0.25) is 4.68 Å². The van der Waals surface area contributed by atoms with Crippen molar-refractivity contribution in [1.29, 1.82) is 0 Å². The van der Waals surface area contributed by atoms with Crippen LogP contribution in [0.15, 0.2) is 24.3 Å². The number of fused-ring (bicyclic) bond motifs is 4. The van der Waals surface area contributed by atoms with Gasteiger partial charge in [0.25, 0.3) is 0 Å². The summed E-state index contributed by atoms with van der Waals surface area (Å²) in [4.78, 5) is 4.97. The fourth-order valence-electron chi connectivity index (χ4n) is 3.76. The van der Waals surface area contributed by atoms with E-state index in [0.29, 0.717) is 0 Å². The van der Waals surface area contributed by atoms with E-state index in [1.165, 1.54) is 22.2 Å². The zero-order chi connectivity index (χ0) is 16.1. The first kappa shape index (κ1) is 14.0. The van der Waals surface area contributed by atoms with E-state index in [2.05, 4.69) is 41.2 Å². The molecule has 0 atom stereocenters. The van der Waals surface area contributed by atoms with Gasteiger partial charge in [0.2, 0.25) is 0 Å². The summed E-state index contributed by atoms with van der Waals surface area (Å²) >= 11 is 0. The van der Waals surface area contributed by atoms with Crippen LogP contribution in [0.2, 0.25) is 0 Å². The molecule has 0 aliphatic carbocycles. The minimum atomic E-state index is 0.754. The Bertz CT molecular complexity index is 921. The van der Waals surface area contributed by atoms with Crippen LogP contribution < -0.4 is 10.1 Å². The van der Waals surface area contributed by atoms with Crippen LogP contribution in [0.25, 0.3) is 22.3 Å². The van der Waals surface area contributed by atoms with Crippen LogP contribution in [0.1, 0.15) is 23.2 Å². The van der Waals surface area contributed by atoms with Gasteiger partial charge in [-0.1, -0.05) is 0 Å². The predicted octanol–water partition coefficient (Wildman–Crippen LogP) is 2.83. The van der Waals surface area contributed by atoms with E-state index in [1.54, 1.807) is 0 Å². The van der Waals surface area contributed by atoms with E-state index in [9.17, 15) is 0 Å². The number of nitrogens with one attached hydrogen (secondary N) is 1. The number of aromatic nitrogens is 3. The number of hydrogen-bond acceptors (Lipinski definition) is 4. The van der Waals surface area contributed by atoms with Gasteiger partial charge in [0.15, 0.2) is 0 Å². The van der Waals surface area contributed by atoms with E-state index >= 15 is 0 Å². The molecule has 0 fully saturated rings. The number of ether oxygens (including phenoxy) is 1. The van der Waals surface area contributed by atoms with E-state index < -0.39 is 0 Å². The van der Waals surface area contributed by atoms with Gasteiger partial charge >= 0.3 is 0 Å². The fourth-order valence-corrected chi connectivity index (χ4v) is 3.76. The average molecular weight is 320 g/mol. The van der Waals surface area contributed by atoms with E-state index in [1.807, 2.05) is 0 Å². The summed E-state index contributed by atoms with van der Waals surface area (Å²) in [5.41, 5.74) is 6.71. The minimum absolute atomic E-state index is 0.754. The minimum Gasteiger partial charge on any atom is -0.493 e. The second-order valence-corrected chi connectivity index (χ2v) is 6.64. The van der Waals surface area contributed by atoms with Crippen molar-refractivity contribution >= 4 is 10.9 Å². The lowest BCUT2D eigenvalue weighted by molar-refractivity contribution is 0.357. The highest BCUT2D eigenvalue weighted by Gasteiger charge is 2.19. The predicted molar refractivity (Wildman–Crippen MR) is 93.2 cm³/mol. The first-order valence-corrected chi connectivity index (χ1v) is 8.63. The summed E-state index contributed by atoms with van der Waals surface area (Å²) in [5.74, 6) is 0.983. The molecule has 5 heteroatoms. The molecular weight excluding hydrogens is 300 g/mol. The Morgan fingerprint density at radius 2 is 2.17 bits per heavy atom. The van der Waals surface area contributed by atoms with Crippen LogP contribution in [0.4, 0.5) is 0 Å². The van der Waals surface area contributed by atoms with Crippen LogP contribution in [0, 0.1) is 6.92 Å². The van der Waals surface area contributed by atoms with Crippen molar-refractivity contribution in [3.05, 3.63) is 41.1 Å². The average Bonchev–Trinajstić information content (AvgIpc) is 3.17. The maximum atomic E-state index is 5.70. The quantitative estimate of drug-likeness (QED) is 0.749. The second kappa shape index (κ2) is 5.31. The Kier molecular flexibility index (Phi) is 3.10. The monoisotopic (exact) mass is 320 g/mol. The zero-order valence-corrected chi connectivity index (χ0v) is 13.8. The number of nitrogens with zero attached hydrogens (tertiary/aromatic N) is 3. The Morgan fingerprint density at radius 3 is 3.12 bits per heavy atom. The van der Waals surface area contributed by atoms with Gasteiger partial charge in [0.1, 0.15) is 11.4 Å². The Balaban J connectivity index is 1.67. The third-order valence-corrected chi connectivity index (χ3v) is 5.02. The van der Waals surface area contributed by atoms with Crippen LogP contribution in [0.5, 0.6) is 5.75 Å². The standard InChI is InChI=1S/C19H20N4O/c1-12-9-16(17-10-13-11-20-6-2-7-23(13)22-17)21-19-14(12)3-4-18-15(19)5-8-24-18/h3-4,9-10,20H,2,5-8,11H2,1H3. The molecule has 0 saturated carbocycles. The van der Waals surface area contributed by atoms with Gasteiger partial charge in [0, 0.05) is 30.5 Å². The second-order valence-electron chi connectivity index (χ2n) is 6.64. The summed E-state index contributed by atoms with van der Waals surface area (Å²) < 4.78 is 7.82. The van der Waals surface area contributed by atoms with Crippen molar-refractivity contribution in [3.63, 3.8) is 0 Å². The van der Waals surface area contributed by atoms with E-state index in [0.717, 1.165) is 61.7 Å². The van der Waals surface area contributed by atoms with E-state index in [-0.39, 0.29) is 0 Å². The third-order valence-electron chi connectivity index (χ3n) is 5.02. The largest absolute Gasteiger partial charge is 0.493 e. The molecule has 24 heavy (non-hydrogen) atoms. The maximum Gasteiger partial charge on any atom is 0.124 e. The number of aryl methyl sites for hydroxylation is 2. The first-order valence-electron chi connectivity index (χ1n) is 8.63. The van der Waals surface area contributed by atoms with Crippen molar-refractivity contribution in [2.45, 2.75) is 32.9 Å². The summed E-state index contributed by atoms with van der Waals surface area (Å²) in [5, 5.41) is 9.46. The third kappa shape index (κ3) is 2.12. The number of pyridine rings is 1. The Morgan fingerprint density at radius 1 is 1.21 bits per heavy atom. The highest BCUT2D eigenvalue weighted by molar-refractivity contribution is 5.89. The van der Waals surface area contributed by atoms with Crippen LogP contribution in [0.3, 0.4) is 0 Å². The Hall–Kier alpha value is -2.40. The van der Waals surface area contributed by atoms with Gasteiger partial charge in [-0.15, -0.1) is 0 Å². The fraction of sp³-hybridized carbons (Fsp3) is 0.368. The molecule has 5 rings (SSSR count). The van der Waals surface area contributed by atoms with Crippen LogP contribution in [-0.2, 0) is 19.5 Å².